The predicted octanol–water partition coefficient (Wildman–Crippen LogP) is 5.38. The Morgan fingerprint density at radius 2 is 2.12 bits per heavy atom. The number of thiocarbonyl (C=S) groups is 1. The Hall–Kier alpha value is -0.850. The molecule has 0 bridgehead atoms. The van der Waals surface area contributed by atoms with Crippen LogP contribution in [0.4, 0.5) is 0 Å². The zero-order chi connectivity index (χ0) is 17.1. The fourth-order valence-electron chi connectivity index (χ4n) is 3.16. The number of amides is 1. The largest absolute Gasteiger partial charge is 0.493 e. The highest BCUT2D eigenvalue weighted by molar-refractivity contribution is 9.10. The summed E-state index contributed by atoms with van der Waals surface area (Å²) in [6.45, 7) is 2.58. The van der Waals surface area contributed by atoms with Gasteiger partial charge in [-0.05, 0) is 59.5 Å². The van der Waals surface area contributed by atoms with Crippen LogP contribution in [0.25, 0.3) is 6.08 Å². The monoisotopic (exact) mass is 425 g/mol. The molecule has 0 spiro atoms. The summed E-state index contributed by atoms with van der Waals surface area (Å²) in [7, 11) is 0. The van der Waals surface area contributed by atoms with Crippen LogP contribution in [0.15, 0.2) is 27.6 Å². The highest BCUT2D eigenvalue weighted by Crippen LogP contribution is 2.38. The topological polar surface area (TPSA) is 29.5 Å². The van der Waals surface area contributed by atoms with E-state index in [0.29, 0.717) is 15.8 Å². The molecule has 1 aromatic carbocycles. The van der Waals surface area contributed by atoms with E-state index in [2.05, 4.69) is 15.9 Å². The molecule has 1 amide bonds. The standard InChI is InChI=1S/C18H20BrNO2S2/c1-2-22-15-9-8-12(10-14(15)19)11-16-17(21)20(18(23)24-16)13-6-4-3-5-7-13/h8-11,13H,2-7H2,1H3/b16-11+. The summed E-state index contributed by atoms with van der Waals surface area (Å²) in [6, 6.07) is 6.13. The average molecular weight is 426 g/mol. The molecule has 1 aliphatic heterocycles. The molecule has 0 aromatic heterocycles. The van der Waals surface area contributed by atoms with E-state index in [1.807, 2.05) is 36.1 Å². The van der Waals surface area contributed by atoms with Gasteiger partial charge in [0.05, 0.1) is 16.0 Å². The number of rotatable bonds is 4. The van der Waals surface area contributed by atoms with E-state index in [0.717, 1.165) is 28.6 Å². The van der Waals surface area contributed by atoms with E-state index < -0.39 is 0 Å². The third-order valence-corrected chi connectivity index (χ3v) is 6.27. The lowest BCUT2D eigenvalue weighted by molar-refractivity contribution is -0.124. The summed E-state index contributed by atoms with van der Waals surface area (Å²) in [5.41, 5.74) is 0.967. The molecule has 2 fully saturated rings. The minimum atomic E-state index is 0.0573. The van der Waals surface area contributed by atoms with Gasteiger partial charge in [0.1, 0.15) is 10.1 Å². The van der Waals surface area contributed by atoms with E-state index in [1.54, 1.807) is 0 Å². The first kappa shape index (κ1) is 18.0. The smallest absolute Gasteiger partial charge is 0.266 e. The molecule has 6 heteroatoms. The summed E-state index contributed by atoms with van der Waals surface area (Å²) in [4.78, 5) is 15.3. The second-order valence-corrected chi connectivity index (χ2v) is 8.50. The van der Waals surface area contributed by atoms with Crippen LogP contribution in [0.3, 0.4) is 0 Å². The van der Waals surface area contributed by atoms with E-state index in [1.165, 1.54) is 31.0 Å². The molecule has 128 valence electrons. The van der Waals surface area contributed by atoms with Crippen molar-refractivity contribution in [1.29, 1.82) is 0 Å². The van der Waals surface area contributed by atoms with Gasteiger partial charge in [-0.2, -0.15) is 0 Å². The normalized spacial score (nSPS) is 20.9. The first-order valence-corrected chi connectivity index (χ1v) is 10.3. The van der Waals surface area contributed by atoms with Crippen LogP contribution in [-0.2, 0) is 4.79 Å². The maximum Gasteiger partial charge on any atom is 0.266 e. The minimum absolute atomic E-state index is 0.0573. The number of carbonyl (C=O) groups is 1. The Labute approximate surface area is 160 Å². The number of ether oxygens (including phenoxy) is 1. The molecule has 1 heterocycles. The van der Waals surface area contributed by atoms with Gasteiger partial charge in [0.15, 0.2) is 0 Å². The fourth-order valence-corrected chi connectivity index (χ4v) is 5.08. The quantitative estimate of drug-likeness (QED) is 0.478. The number of halogens is 1. The van der Waals surface area contributed by atoms with Crippen LogP contribution in [0.1, 0.15) is 44.6 Å². The van der Waals surface area contributed by atoms with Gasteiger partial charge >= 0.3 is 0 Å². The van der Waals surface area contributed by atoms with E-state index >= 15 is 0 Å². The number of nitrogens with zero attached hydrogens (tertiary/aromatic N) is 1. The van der Waals surface area contributed by atoms with Crippen molar-refractivity contribution in [1.82, 2.24) is 4.90 Å². The Morgan fingerprint density at radius 3 is 2.79 bits per heavy atom. The molecule has 24 heavy (non-hydrogen) atoms. The summed E-state index contributed by atoms with van der Waals surface area (Å²) in [6.07, 6.45) is 7.69. The highest BCUT2D eigenvalue weighted by atomic mass is 79.9. The summed E-state index contributed by atoms with van der Waals surface area (Å²) >= 11 is 10.4. The van der Waals surface area contributed by atoms with Crippen molar-refractivity contribution >= 4 is 56.2 Å². The van der Waals surface area contributed by atoms with Crippen LogP contribution in [-0.4, -0.2) is 27.8 Å². The fraction of sp³-hybridized carbons (Fsp3) is 0.444. The van der Waals surface area contributed by atoms with Crippen molar-refractivity contribution in [3.63, 3.8) is 0 Å². The lowest BCUT2D eigenvalue weighted by Crippen LogP contribution is -2.39. The van der Waals surface area contributed by atoms with E-state index in [4.69, 9.17) is 17.0 Å². The van der Waals surface area contributed by atoms with Crippen LogP contribution in [0, 0.1) is 0 Å². The molecular weight excluding hydrogens is 406 g/mol. The van der Waals surface area contributed by atoms with Crippen LogP contribution >= 0.6 is 39.9 Å². The van der Waals surface area contributed by atoms with E-state index in [-0.39, 0.29) is 11.9 Å². The SMILES string of the molecule is CCOc1ccc(/C=C2/SC(=S)N(C3CCCCC3)C2=O)cc1Br. The Bertz CT molecular complexity index is 684. The van der Waals surface area contributed by atoms with Gasteiger partial charge in [-0.1, -0.05) is 49.3 Å². The number of benzene rings is 1. The van der Waals surface area contributed by atoms with Gasteiger partial charge in [-0.25, -0.2) is 0 Å². The Kier molecular flexibility index (Phi) is 6.00. The van der Waals surface area contributed by atoms with Crippen LogP contribution in [0.5, 0.6) is 5.75 Å². The Morgan fingerprint density at radius 1 is 1.38 bits per heavy atom. The Balaban J connectivity index is 1.79. The van der Waals surface area contributed by atoms with E-state index in [9.17, 15) is 4.79 Å². The lowest BCUT2D eigenvalue weighted by atomic mass is 9.94. The first-order chi connectivity index (χ1) is 11.6. The molecule has 3 rings (SSSR count). The number of hydrogen-bond acceptors (Lipinski definition) is 4. The van der Waals surface area contributed by atoms with Crippen molar-refractivity contribution in [2.24, 2.45) is 0 Å². The van der Waals surface area contributed by atoms with Crippen molar-refractivity contribution in [2.45, 2.75) is 45.1 Å². The summed E-state index contributed by atoms with van der Waals surface area (Å²) in [5.74, 6) is 0.867. The maximum atomic E-state index is 12.8. The van der Waals surface area contributed by atoms with Crippen molar-refractivity contribution < 1.29 is 9.53 Å². The molecule has 0 atom stereocenters. The number of thioether (sulfide) groups is 1. The zero-order valence-electron chi connectivity index (χ0n) is 13.6. The minimum Gasteiger partial charge on any atom is -0.493 e. The number of hydrogen-bond donors (Lipinski definition) is 0. The predicted molar refractivity (Wildman–Crippen MR) is 107 cm³/mol. The third kappa shape index (κ3) is 3.86. The molecule has 0 unspecified atom stereocenters. The summed E-state index contributed by atoms with van der Waals surface area (Å²) < 4.78 is 7.11. The van der Waals surface area contributed by atoms with Gasteiger partial charge in [0.25, 0.3) is 5.91 Å². The van der Waals surface area contributed by atoms with Gasteiger partial charge in [-0.15, -0.1) is 0 Å². The second kappa shape index (κ2) is 8.02. The molecule has 0 radical (unpaired) electrons. The number of carbonyl (C=O) groups excluding carboxylic acids is 1. The molecule has 1 saturated carbocycles. The maximum absolute atomic E-state index is 12.8. The summed E-state index contributed by atoms with van der Waals surface area (Å²) in [5, 5.41) is 0. The molecular formula is C18H20BrNO2S2. The molecule has 3 nitrogen and oxygen atoms in total. The van der Waals surface area contributed by atoms with Gasteiger partial charge < -0.3 is 4.74 Å². The molecule has 1 saturated heterocycles. The lowest BCUT2D eigenvalue weighted by Gasteiger charge is -2.29. The van der Waals surface area contributed by atoms with Gasteiger partial charge in [0, 0.05) is 6.04 Å². The first-order valence-electron chi connectivity index (χ1n) is 8.29. The third-order valence-electron chi connectivity index (χ3n) is 4.32. The average Bonchev–Trinajstić information content (AvgIpc) is 2.85. The molecule has 2 aliphatic rings. The molecule has 0 N–H and O–H groups in total. The van der Waals surface area contributed by atoms with Crippen molar-refractivity contribution in [3.8, 4) is 5.75 Å². The second-order valence-electron chi connectivity index (χ2n) is 5.97. The van der Waals surface area contributed by atoms with Gasteiger partial charge in [0.2, 0.25) is 0 Å². The van der Waals surface area contributed by atoms with Crippen molar-refractivity contribution in [2.75, 3.05) is 6.61 Å². The van der Waals surface area contributed by atoms with Crippen LogP contribution < -0.4 is 4.74 Å². The highest BCUT2D eigenvalue weighted by Gasteiger charge is 2.37. The molecule has 1 aromatic rings. The van der Waals surface area contributed by atoms with Gasteiger partial charge in [-0.3, -0.25) is 9.69 Å². The van der Waals surface area contributed by atoms with Crippen molar-refractivity contribution in [3.05, 3.63) is 33.1 Å². The van der Waals surface area contributed by atoms with Crippen LogP contribution in [0.2, 0.25) is 0 Å². The zero-order valence-corrected chi connectivity index (χ0v) is 16.8. The molecule has 1 aliphatic carbocycles.